The standard InChI is InChI=1S/C18H24N2O5S/c1-9-8-26-15(18(24)25-2)13(9)19-16(22)17(23)20-14(11-5-6-11)12(7-21)10-3-4-10/h8,10-12,14,21H,3-7H2,1-2H3,(H,19,22)(H,20,23). The van der Waals surface area contributed by atoms with Crippen molar-refractivity contribution >= 4 is 34.8 Å². The molecule has 2 aliphatic rings. The number of aryl methyl sites for hydroxylation is 1. The van der Waals surface area contributed by atoms with Crippen molar-refractivity contribution in [1.82, 2.24) is 5.32 Å². The van der Waals surface area contributed by atoms with Crippen LogP contribution in [0.4, 0.5) is 5.69 Å². The van der Waals surface area contributed by atoms with Crippen molar-refractivity contribution in [2.75, 3.05) is 19.0 Å². The van der Waals surface area contributed by atoms with E-state index in [1.807, 2.05) is 0 Å². The monoisotopic (exact) mass is 380 g/mol. The predicted molar refractivity (Wildman–Crippen MR) is 97.0 cm³/mol. The lowest BCUT2D eigenvalue weighted by Gasteiger charge is -2.26. The van der Waals surface area contributed by atoms with Crippen molar-refractivity contribution in [3.8, 4) is 0 Å². The van der Waals surface area contributed by atoms with Crippen LogP contribution in [0.1, 0.15) is 40.9 Å². The minimum absolute atomic E-state index is 0.00719. The van der Waals surface area contributed by atoms with Crippen LogP contribution in [0, 0.1) is 24.7 Å². The van der Waals surface area contributed by atoms with Gasteiger partial charge in [0.15, 0.2) is 0 Å². The molecule has 1 aromatic rings. The first-order chi connectivity index (χ1) is 12.5. The third-order valence-electron chi connectivity index (χ3n) is 5.12. The summed E-state index contributed by atoms with van der Waals surface area (Å²) in [5, 5.41) is 16.8. The Morgan fingerprint density at radius 1 is 1.23 bits per heavy atom. The highest BCUT2D eigenvalue weighted by molar-refractivity contribution is 7.12. The number of methoxy groups -OCH3 is 1. The molecule has 2 amide bonds. The van der Waals surface area contributed by atoms with Crippen LogP contribution in [0.15, 0.2) is 5.38 Å². The second kappa shape index (κ2) is 7.75. The van der Waals surface area contributed by atoms with Gasteiger partial charge in [0, 0.05) is 18.6 Å². The Bertz CT molecular complexity index is 708. The SMILES string of the molecule is COC(=O)c1scc(C)c1NC(=O)C(=O)NC(C1CC1)C(CO)C1CC1. The largest absolute Gasteiger partial charge is 0.465 e. The highest BCUT2D eigenvalue weighted by Gasteiger charge is 2.44. The van der Waals surface area contributed by atoms with Gasteiger partial charge in [0.25, 0.3) is 0 Å². The summed E-state index contributed by atoms with van der Waals surface area (Å²) in [6, 6.07) is -0.172. The van der Waals surface area contributed by atoms with E-state index in [1.165, 1.54) is 7.11 Å². The molecule has 3 N–H and O–H groups in total. The average molecular weight is 380 g/mol. The maximum absolute atomic E-state index is 12.4. The Kier molecular flexibility index (Phi) is 5.62. The van der Waals surface area contributed by atoms with Gasteiger partial charge < -0.3 is 20.5 Å². The predicted octanol–water partition coefficient (Wildman–Crippen LogP) is 1.69. The van der Waals surface area contributed by atoms with Crippen molar-refractivity contribution in [3.63, 3.8) is 0 Å². The quantitative estimate of drug-likeness (QED) is 0.493. The Balaban J connectivity index is 1.67. The molecule has 8 heteroatoms. The molecule has 2 saturated carbocycles. The van der Waals surface area contributed by atoms with Crippen LogP contribution >= 0.6 is 11.3 Å². The second-order valence-corrected chi connectivity index (χ2v) is 7.97. The summed E-state index contributed by atoms with van der Waals surface area (Å²) in [7, 11) is 1.27. The highest BCUT2D eigenvalue weighted by atomic mass is 32.1. The second-order valence-electron chi connectivity index (χ2n) is 7.09. The molecule has 7 nitrogen and oxygen atoms in total. The van der Waals surface area contributed by atoms with Crippen LogP contribution in [0.5, 0.6) is 0 Å². The van der Waals surface area contributed by atoms with Crippen molar-refractivity contribution in [2.45, 2.75) is 38.6 Å². The number of aliphatic hydroxyl groups is 1. The summed E-state index contributed by atoms with van der Waals surface area (Å²) >= 11 is 1.16. The van der Waals surface area contributed by atoms with E-state index in [0.717, 1.165) is 37.0 Å². The highest BCUT2D eigenvalue weighted by Crippen LogP contribution is 2.45. The van der Waals surface area contributed by atoms with Gasteiger partial charge in [0.1, 0.15) is 4.88 Å². The van der Waals surface area contributed by atoms with E-state index < -0.39 is 17.8 Å². The first-order valence-corrected chi connectivity index (χ1v) is 9.73. The van der Waals surface area contributed by atoms with Crippen LogP contribution < -0.4 is 10.6 Å². The molecule has 2 fully saturated rings. The molecule has 2 aliphatic carbocycles. The summed E-state index contributed by atoms with van der Waals surface area (Å²) in [4.78, 5) is 36.8. The van der Waals surface area contributed by atoms with Crippen LogP contribution in [-0.2, 0) is 14.3 Å². The maximum atomic E-state index is 12.4. The summed E-state index contributed by atoms with van der Waals surface area (Å²) < 4.78 is 4.71. The molecule has 1 heterocycles. The van der Waals surface area contributed by atoms with E-state index in [2.05, 4.69) is 10.6 Å². The number of anilines is 1. The molecule has 142 valence electrons. The zero-order valence-electron chi connectivity index (χ0n) is 14.9. The Labute approximate surface area is 156 Å². The number of nitrogens with one attached hydrogen (secondary N) is 2. The number of rotatable bonds is 7. The fourth-order valence-electron chi connectivity index (χ4n) is 3.34. The number of aliphatic hydroxyl groups excluding tert-OH is 1. The number of amides is 2. The van der Waals surface area contributed by atoms with Crippen molar-refractivity contribution in [3.05, 3.63) is 15.8 Å². The lowest BCUT2D eigenvalue weighted by atomic mass is 9.91. The summed E-state index contributed by atoms with van der Waals surface area (Å²) in [5.41, 5.74) is 1.01. The van der Waals surface area contributed by atoms with Gasteiger partial charge >= 0.3 is 17.8 Å². The Morgan fingerprint density at radius 3 is 2.42 bits per heavy atom. The smallest absolute Gasteiger partial charge is 0.350 e. The minimum atomic E-state index is -0.810. The van der Waals surface area contributed by atoms with Gasteiger partial charge in [-0.05, 0) is 55.4 Å². The zero-order chi connectivity index (χ0) is 18.8. The maximum Gasteiger partial charge on any atom is 0.350 e. The molecule has 3 rings (SSSR count). The van der Waals surface area contributed by atoms with Gasteiger partial charge in [0.2, 0.25) is 0 Å². The fourth-order valence-corrected chi connectivity index (χ4v) is 4.26. The molecule has 0 spiro atoms. The van der Waals surface area contributed by atoms with Gasteiger partial charge in [-0.1, -0.05) is 0 Å². The number of thiophene rings is 1. The zero-order valence-corrected chi connectivity index (χ0v) is 15.7. The number of carbonyl (C=O) groups is 3. The van der Waals surface area contributed by atoms with Gasteiger partial charge in [-0.2, -0.15) is 0 Å². The van der Waals surface area contributed by atoms with E-state index in [0.29, 0.717) is 23.1 Å². The van der Waals surface area contributed by atoms with Crippen molar-refractivity contribution in [1.29, 1.82) is 0 Å². The van der Waals surface area contributed by atoms with E-state index in [-0.39, 0.29) is 23.4 Å². The van der Waals surface area contributed by atoms with E-state index in [4.69, 9.17) is 4.74 Å². The van der Waals surface area contributed by atoms with Crippen molar-refractivity contribution in [2.24, 2.45) is 17.8 Å². The summed E-state index contributed by atoms with van der Waals surface area (Å²) in [5.74, 6) is -1.33. The molecular formula is C18H24N2O5S. The first kappa shape index (κ1) is 18.8. The number of ether oxygens (including phenoxy) is 1. The third-order valence-corrected chi connectivity index (χ3v) is 6.20. The van der Waals surface area contributed by atoms with Gasteiger partial charge in [-0.25, -0.2) is 4.79 Å². The molecule has 2 atom stereocenters. The van der Waals surface area contributed by atoms with E-state index in [9.17, 15) is 19.5 Å². The van der Waals surface area contributed by atoms with Crippen molar-refractivity contribution < 1.29 is 24.2 Å². The molecule has 2 unspecified atom stereocenters. The molecule has 1 aromatic heterocycles. The lowest BCUT2D eigenvalue weighted by molar-refractivity contribution is -0.137. The van der Waals surface area contributed by atoms with Crippen LogP contribution in [0.25, 0.3) is 0 Å². The van der Waals surface area contributed by atoms with Crippen LogP contribution in [0.2, 0.25) is 0 Å². The minimum Gasteiger partial charge on any atom is -0.465 e. The lowest BCUT2D eigenvalue weighted by Crippen LogP contribution is -2.48. The number of hydrogen-bond donors (Lipinski definition) is 3. The van der Waals surface area contributed by atoms with E-state index in [1.54, 1.807) is 12.3 Å². The normalized spacial score (nSPS) is 18.7. The molecule has 0 bridgehead atoms. The fraction of sp³-hybridized carbons (Fsp3) is 0.611. The van der Waals surface area contributed by atoms with Gasteiger partial charge in [-0.15, -0.1) is 11.3 Å². The van der Waals surface area contributed by atoms with E-state index >= 15 is 0 Å². The molecule has 0 aromatic carbocycles. The number of carbonyl (C=O) groups excluding carboxylic acids is 3. The van der Waals surface area contributed by atoms with Gasteiger partial charge in [0.05, 0.1) is 12.8 Å². The molecule has 0 saturated heterocycles. The number of esters is 1. The third kappa shape index (κ3) is 4.07. The number of hydrogen-bond acceptors (Lipinski definition) is 6. The van der Waals surface area contributed by atoms with Gasteiger partial charge in [-0.3, -0.25) is 9.59 Å². The molecular weight excluding hydrogens is 356 g/mol. The molecule has 26 heavy (non-hydrogen) atoms. The molecule has 0 aliphatic heterocycles. The van der Waals surface area contributed by atoms with Crippen LogP contribution in [0.3, 0.4) is 0 Å². The Morgan fingerprint density at radius 2 is 1.88 bits per heavy atom. The molecule has 0 radical (unpaired) electrons. The topological polar surface area (TPSA) is 105 Å². The summed E-state index contributed by atoms with van der Waals surface area (Å²) in [6.07, 6.45) is 4.14. The Hall–Kier alpha value is -1.93. The average Bonchev–Trinajstić information content (AvgIpc) is 3.53. The first-order valence-electron chi connectivity index (χ1n) is 8.85. The summed E-state index contributed by atoms with van der Waals surface area (Å²) in [6.45, 7) is 1.77. The van der Waals surface area contributed by atoms with Crippen LogP contribution in [-0.4, -0.2) is 42.6 Å².